The minimum absolute atomic E-state index is 0.192. The van der Waals surface area contributed by atoms with Gasteiger partial charge in [-0.1, -0.05) is 60.7 Å². The molecule has 0 atom stereocenters. The van der Waals surface area contributed by atoms with Gasteiger partial charge in [-0.25, -0.2) is 0 Å². The Morgan fingerprint density at radius 2 is 1.35 bits per heavy atom. The van der Waals surface area contributed by atoms with Gasteiger partial charge in [-0.05, 0) is 11.1 Å². The van der Waals surface area contributed by atoms with Crippen molar-refractivity contribution < 1.29 is 0 Å². The smallest absolute Gasteiger partial charge is 0.108 e. The molecule has 3 rings (SSSR count). The first-order chi connectivity index (χ1) is 8.42. The van der Waals surface area contributed by atoms with Crippen LogP contribution in [0.15, 0.2) is 65.7 Å². The van der Waals surface area contributed by atoms with Gasteiger partial charge < -0.3 is 5.32 Å². The quantitative estimate of drug-likeness (QED) is 0.829. The van der Waals surface area contributed by atoms with Crippen molar-refractivity contribution in [3.63, 3.8) is 0 Å². The second-order valence-corrected chi connectivity index (χ2v) is 4.25. The average Bonchev–Trinajstić information content (AvgIpc) is 2.91. The molecule has 0 fully saturated rings. The maximum absolute atomic E-state index is 4.35. The van der Waals surface area contributed by atoms with Crippen molar-refractivity contribution in [2.75, 3.05) is 6.54 Å². The second kappa shape index (κ2) is 4.06. The molecule has 1 aliphatic rings. The minimum atomic E-state index is -0.192. The fourth-order valence-electron chi connectivity index (χ4n) is 2.35. The molecule has 1 N–H and O–H groups in total. The molecule has 2 nitrogen and oxygen atoms in total. The first kappa shape index (κ1) is 10.1. The SMILES string of the molecule is C1=NCC(c2ccccc2)(c2ccccc2)N1. The molecular weight excluding hydrogens is 208 g/mol. The van der Waals surface area contributed by atoms with Crippen molar-refractivity contribution >= 4 is 6.34 Å². The zero-order valence-electron chi connectivity index (χ0n) is 9.51. The molecule has 2 aromatic carbocycles. The Balaban J connectivity index is 2.12. The van der Waals surface area contributed by atoms with Crippen molar-refractivity contribution in [3.8, 4) is 0 Å². The summed E-state index contributed by atoms with van der Waals surface area (Å²) in [6.07, 6.45) is 1.81. The topological polar surface area (TPSA) is 24.4 Å². The highest BCUT2D eigenvalue weighted by atomic mass is 15.1. The lowest BCUT2D eigenvalue weighted by Crippen LogP contribution is -2.41. The molecular formula is C15H14N2. The minimum Gasteiger partial charge on any atom is -0.361 e. The van der Waals surface area contributed by atoms with Crippen LogP contribution in [0.2, 0.25) is 0 Å². The van der Waals surface area contributed by atoms with E-state index in [1.54, 1.807) is 6.34 Å². The maximum Gasteiger partial charge on any atom is 0.108 e. The monoisotopic (exact) mass is 222 g/mol. The van der Waals surface area contributed by atoms with Gasteiger partial charge in [-0.15, -0.1) is 0 Å². The van der Waals surface area contributed by atoms with Gasteiger partial charge in [0.1, 0.15) is 5.54 Å². The normalized spacial score (nSPS) is 16.7. The molecule has 17 heavy (non-hydrogen) atoms. The number of hydrogen-bond donors (Lipinski definition) is 1. The van der Waals surface area contributed by atoms with Crippen LogP contribution < -0.4 is 5.32 Å². The molecule has 0 bridgehead atoms. The van der Waals surface area contributed by atoms with Crippen molar-refractivity contribution in [1.29, 1.82) is 0 Å². The molecule has 0 aromatic heterocycles. The van der Waals surface area contributed by atoms with Gasteiger partial charge in [0.25, 0.3) is 0 Å². The maximum atomic E-state index is 4.35. The molecule has 2 aromatic rings. The number of hydrogen-bond acceptors (Lipinski definition) is 2. The Hall–Kier alpha value is -2.09. The second-order valence-electron chi connectivity index (χ2n) is 4.25. The summed E-state index contributed by atoms with van der Waals surface area (Å²) in [5, 5.41) is 3.41. The van der Waals surface area contributed by atoms with E-state index in [-0.39, 0.29) is 5.54 Å². The lowest BCUT2D eigenvalue weighted by Gasteiger charge is -2.30. The van der Waals surface area contributed by atoms with E-state index in [2.05, 4.69) is 58.8 Å². The zero-order chi connectivity index (χ0) is 11.6. The lowest BCUT2D eigenvalue weighted by atomic mass is 9.83. The summed E-state index contributed by atoms with van der Waals surface area (Å²) < 4.78 is 0. The largest absolute Gasteiger partial charge is 0.361 e. The summed E-state index contributed by atoms with van der Waals surface area (Å²) >= 11 is 0. The van der Waals surface area contributed by atoms with Crippen LogP contribution in [0.5, 0.6) is 0 Å². The Labute approximate surface area is 101 Å². The highest BCUT2D eigenvalue weighted by Crippen LogP contribution is 2.31. The number of aliphatic imine (C=N–C) groups is 1. The van der Waals surface area contributed by atoms with E-state index >= 15 is 0 Å². The highest BCUT2D eigenvalue weighted by Gasteiger charge is 2.35. The summed E-state index contributed by atoms with van der Waals surface area (Å²) in [5.41, 5.74) is 2.31. The molecule has 2 heteroatoms. The van der Waals surface area contributed by atoms with Crippen LogP contribution in [0.1, 0.15) is 11.1 Å². The predicted molar refractivity (Wildman–Crippen MR) is 70.2 cm³/mol. The van der Waals surface area contributed by atoms with Crippen LogP contribution in [0.25, 0.3) is 0 Å². The Kier molecular flexibility index (Phi) is 2.41. The predicted octanol–water partition coefficient (Wildman–Crippen LogP) is 2.56. The van der Waals surface area contributed by atoms with Gasteiger partial charge in [0.2, 0.25) is 0 Å². The van der Waals surface area contributed by atoms with Crippen LogP contribution >= 0.6 is 0 Å². The third kappa shape index (κ3) is 1.62. The van der Waals surface area contributed by atoms with E-state index in [0.29, 0.717) is 0 Å². The fraction of sp³-hybridized carbons (Fsp3) is 0.133. The molecule has 0 unspecified atom stereocenters. The molecule has 84 valence electrons. The van der Waals surface area contributed by atoms with Gasteiger partial charge in [0.15, 0.2) is 0 Å². The van der Waals surface area contributed by atoms with E-state index in [1.165, 1.54) is 11.1 Å². The van der Waals surface area contributed by atoms with Crippen molar-refractivity contribution in [3.05, 3.63) is 71.8 Å². The van der Waals surface area contributed by atoms with E-state index < -0.39 is 0 Å². The molecule has 1 heterocycles. The van der Waals surface area contributed by atoms with Gasteiger partial charge in [-0.2, -0.15) is 0 Å². The molecule has 0 amide bonds. The molecule has 1 aliphatic heterocycles. The number of nitrogens with zero attached hydrogens (tertiary/aromatic N) is 1. The zero-order valence-corrected chi connectivity index (χ0v) is 9.51. The highest BCUT2D eigenvalue weighted by molar-refractivity contribution is 5.63. The first-order valence-corrected chi connectivity index (χ1v) is 5.79. The third-order valence-corrected chi connectivity index (χ3v) is 3.26. The van der Waals surface area contributed by atoms with E-state index in [9.17, 15) is 0 Å². The van der Waals surface area contributed by atoms with Gasteiger partial charge in [0, 0.05) is 0 Å². The van der Waals surface area contributed by atoms with Crippen molar-refractivity contribution in [2.45, 2.75) is 5.54 Å². The van der Waals surface area contributed by atoms with Gasteiger partial charge >= 0.3 is 0 Å². The van der Waals surface area contributed by atoms with Crippen LogP contribution in [-0.2, 0) is 5.54 Å². The third-order valence-electron chi connectivity index (χ3n) is 3.26. The van der Waals surface area contributed by atoms with E-state index in [4.69, 9.17) is 0 Å². The lowest BCUT2D eigenvalue weighted by molar-refractivity contribution is 0.527. The number of nitrogens with one attached hydrogen (secondary N) is 1. The summed E-state index contributed by atoms with van der Waals surface area (Å²) in [4.78, 5) is 4.35. The van der Waals surface area contributed by atoms with Crippen LogP contribution in [0.3, 0.4) is 0 Å². The Bertz CT molecular complexity index is 468. The molecule has 0 aliphatic carbocycles. The summed E-state index contributed by atoms with van der Waals surface area (Å²) in [5.74, 6) is 0. The standard InChI is InChI=1S/C15H14N2/c1-3-7-13(8-4-1)15(11-16-12-17-15)14-9-5-2-6-10-14/h1-10,12H,11H2,(H,16,17). The van der Waals surface area contributed by atoms with Crippen molar-refractivity contribution in [1.82, 2.24) is 5.32 Å². The van der Waals surface area contributed by atoms with Crippen LogP contribution in [0, 0.1) is 0 Å². The Morgan fingerprint density at radius 1 is 0.824 bits per heavy atom. The first-order valence-electron chi connectivity index (χ1n) is 5.79. The summed E-state index contributed by atoms with van der Waals surface area (Å²) in [6, 6.07) is 20.9. The van der Waals surface area contributed by atoms with Crippen molar-refractivity contribution in [2.24, 2.45) is 4.99 Å². The summed E-state index contributed by atoms with van der Waals surface area (Å²) in [7, 11) is 0. The molecule has 0 saturated carbocycles. The molecule has 0 radical (unpaired) electrons. The molecule has 0 spiro atoms. The average molecular weight is 222 g/mol. The number of rotatable bonds is 2. The Morgan fingerprint density at radius 3 is 1.76 bits per heavy atom. The summed E-state index contributed by atoms with van der Waals surface area (Å²) in [6.45, 7) is 0.751. The van der Waals surface area contributed by atoms with Gasteiger partial charge in [-0.3, -0.25) is 4.99 Å². The van der Waals surface area contributed by atoms with Gasteiger partial charge in [0.05, 0.1) is 12.9 Å². The number of benzene rings is 2. The van der Waals surface area contributed by atoms with E-state index in [0.717, 1.165) is 6.54 Å². The van der Waals surface area contributed by atoms with E-state index in [1.807, 2.05) is 12.1 Å². The van der Waals surface area contributed by atoms with Crippen LogP contribution in [0.4, 0.5) is 0 Å². The fourth-order valence-corrected chi connectivity index (χ4v) is 2.35. The molecule has 0 saturated heterocycles. The van der Waals surface area contributed by atoms with Crippen LogP contribution in [-0.4, -0.2) is 12.9 Å².